The van der Waals surface area contributed by atoms with E-state index in [2.05, 4.69) is 21.9 Å². The van der Waals surface area contributed by atoms with Crippen molar-refractivity contribution in [2.75, 3.05) is 6.54 Å². The predicted octanol–water partition coefficient (Wildman–Crippen LogP) is 3.51. The molecule has 0 radical (unpaired) electrons. The first-order chi connectivity index (χ1) is 7.95. The molecule has 0 spiro atoms. The van der Waals surface area contributed by atoms with Crippen LogP contribution in [0.5, 0.6) is 0 Å². The van der Waals surface area contributed by atoms with Crippen LogP contribution < -0.4 is 0 Å². The highest BCUT2D eigenvalue weighted by molar-refractivity contribution is 5.38. The van der Waals surface area contributed by atoms with Gasteiger partial charge in [-0.25, -0.2) is 4.39 Å². The van der Waals surface area contributed by atoms with Gasteiger partial charge in [-0.15, -0.1) is 0 Å². The number of benzene rings is 1. The summed E-state index contributed by atoms with van der Waals surface area (Å²) in [7, 11) is 0. The van der Waals surface area contributed by atoms with Crippen molar-refractivity contribution in [3.8, 4) is 11.8 Å². The smallest absolute Gasteiger partial charge is 0.206 e. The molecular formula is C10H5F4N3. The molecule has 0 saturated heterocycles. The fraction of sp³-hybridized carbons (Fsp3) is 0.200. The number of hydrogen-bond donors (Lipinski definition) is 0. The lowest BCUT2D eigenvalue weighted by molar-refractivity contribution is -0.140. The van der Waals surface area contributed by atoms with Crippen LogP contribution in [-0.2, 0) is 6.18 Å². The molecular weight excluding hydrogens is 238 g/mol. The van der Waals surface area contributed by atoms with Gasteiger partial charge in [-0.05, 0) is 23.7 Å². The van der Waals surface area contributed by atoms with Crippen LogP contribution in [0.15, 0.2) is 23.3 Å². The van der Waals surface area contributed by atoms with Crippen LogP contribution in [0.25, 0.3) is 10.4 Å². The summed E-state index contributed by atoms with van der Waals surface area (Å²) in [5, 5.41) is 3.10. The largest absolute Gasteiger partial charge is 0.419 e. The van der Waals surface area contributed by atoms with Crippen molar-refractivity contribution >= 4 is 0 Å². The van der Waals surface area contributed by atoms with Crippen molar-refractivity contribution in [3.63, 3.8) is 0 Å². The van der Waals surface area contributed by atoms with E-state index in [0.717, 1.165) is 6.07 Å². The Morgan fingerprint density at radius 3 is 2.59 bits per heavy atom. The maximum atomic E-state index is 13.1. The number of nitrogens with zero attached hydrogens (tertiary/aromatic N) is 3. The average Bonchev–Trinajstić information content (AvgIpc) is 2.23. The van der Waals surface area contributed by atoms with Crippen LogP contribution in [0.4, 0.5) is 17.6 Å². The molecule has 88 valence electrons. The van der Waals surface area contributed by atoms with E-state index in [4.69, 9.17) is 5.53 Å². The molecule has 1 aromatic rings. The number of rotatable bonds is 1. The molecule has 0 saturated carbocycles. The highest BCUT2D eigenvalue weighted by Gasteiger charge is 2.33. The lowest BCUT2D eigenvalue weighted by Crippen LogP contribution is -2.07. The molecule has 0 aliphatic heterocycles. The van der Waals surface area contributed by atoms with E-state index in [1.165, 1.54) is 0 Å². The molecule has 1 aromatic carbocycles. The number of hydrogen-bond acceptors (Lipinski definition) is 1. The van der Waals surface area contributed by atoms with Gasteiger partial charge in [0.25, 0.3) is 0 Å². The maximum Gasteiger partial charge on any atom is 0.419 e. The first kappa shape index (κ1) is 12.9. The summed E-state index contributed by atoms with van der Waals surface area (Å²) in [4.78, 5) is 2.43. The molecule has 0 aliphatic rings. The van der Waals surface area contributed by atoms with Crippen molar-refractivity contribution in [2.45, 2.75) is 6.18 Å². The van der Waals surface area contributed by atoms with E-state index in [9.17, 15) is 17.6 Å². The fourth-order valence-corrected chi connectivity index (χ4v) is 1.03. The van der Waals surface area contributed by atoms with Crippen molar-refractivity contribution in [2.24, 2.45) is 5.11 Å². The van der Waals surface area contributed by atoms with Crippen LogP contribution in [0, 0.1) is 17.7 Å². The molecule has 0 unspecified atom stereocenters. The Morgan fingerprint density at radius 2 is 2.06 bits per heavy atom. The lowest BCUT2D eigenvalue weighted by Gasteiger charge is -2.07. The number of azide groups is 1. The van der Waals surface area contributed by atoms with Gasteiger partial charge in [-0.3, -0.25) is 0 Å². The van der Waals surface area contributed by atoms with Crippen LogP contribution >= 0.6 is 0 Å². The third-order valence-corrected chi connectivity index (χ3v) is 1.72. The van der Waals surface area contributed by atoms with Gasteiger partial charge in [0.15, 0.2) is 0 Å². The fourth-order valence-electron chi connectivity index (χ4n) is 1.03. The molecule has 17 heavy (non-hydrogen) atoms. The third kappa shape index (κ3) is 3.70. The quantitative estimate of drug-likeness (QED) is 0.238. The predicted molar refractivity (Wildman–Crippen MR) is 52.3 cm³/mol. The van der Waals surface area contributed by atoms with Crippen molar-refractivity contribution in [3.05, 3.63) is 45.6 Å². The summed E-state index contributed by atoms with van der Waals surface area (Å²) < 4.78 is 49.7. The second-order valence-corrected chi connectivity index (χ2v) is 2.88. The minimum Gasteiger partial charge on any atom is -0.206 e. The van der Waals surface area contributed by atoms with Gasteiger partial charge >= 0.3 is 6.18 Å². The average molecular weight is 243 g/mol. The van der Waals surface area contributed by atoms with Gasteiger partial charge in [0.2, 0.25) is 0 Å². The van der Waals surface area contributed by atoms with Crippen molar-refractivity contribution in [1.82, 2.24) is 0 Å². The standard InChI is InChI=1S/C10H5F4N3/c11-9-6-7(2-1-5-16-17-15)3-4-8(9)10(12,13)14/h3-4,6H,5H2. The summed E-state index contributed by atoms with van der Waals surface area (Å²) in [6.45, 7) is -0.126. The van der Waals surface area contributed by atoms with Crippen LogP contribution in [0.2, 0.25) is 0 Å². The SMILES string of the molecule is [N-]=[N+]=NCC#Cc1ccc(C(F)(F)F)c(F)c1. The monoisotopic (exact) mass is 243 g/mol. The molecule has 0 amide bonds. The molecule has 0 aliphatic carbocycles. The molecule has 7 heteroatoms. The second kappa shape index (κ2) is 5.23. The van der Waals surface area contributed by atoms with Gasteiger partial charge in [0, 0.05) is 10.5 Å². The number of halogens is 4. The second-order valence-electron chi connectivity index (χ2n) is 2.88. The molecule has 0 N–H and O–H groups in total. The van der Waals surface area contributed by atoms with Crippen LogP contribution in [-0.4, -0.2) is 6.54 Å². The molecule has 0 atom stereocenters. The van der Waals surface area contributed by atoms with Crippen molar-refractivity contribution < 1.29 is 17.6 Å². The van der Waals surface area contributed by atoms with Gasteiger partial charge in [-0.2, -0.15) is 13.2 Å². The zero-order valence-corrected chi connectivity index (χ0v) is 8.29. The Kier molecular flexibility index (Phi) is 3.96. The van der Waals surface area contributed by atoms with Crippen LogP contribution in [0.1, 0.15) is 11.1 Å². The molecule has 0 fully saturated rings. The Balaban J connectivity index is 2.96. The van der Waals surface area contributed by atoms with Gasteiger partial charge in [-0.1, -0.05) is 17.0 Å². The van der Waals surface area contributed by atoms with Gasteiger partial charge in [0.05, 0.1) is 12.1 Å². The highest BCUT2D eigenvalue weighted by Crippen LogP contribution is 2.31. The Hall–Kier alpha value is -2.19. The summed E-state index contributed by atoms with van der Waals surface area (Å²) >= 11 is 0. The topological polar surface area (TPSA) is 48.8 Å². The molecule has 3 nitrogen and oxygen atoms in total. The molecule has 0 heterocycles. The number of alkyl halides is 3. The molecule has 0 aromatic heterocycles. The lowest BCUT2D eigenvalue weighted by atomic mass is 10.1. The normalized spacial score (nSPS) is 10.1. The third-order valence-electron chi connectivity index (χ3n) is 1.72. The van der Waals surface area contributed by atoms with E-state index in [1.54, 1.807) is 0 Å². The Bertz CT molecular complexity index is 519. The maximum absolute atomic E-state index is 13.1. The van der Waals surface area contributed by atoms with Crippen molar-refractivity contribution in [1.29, 1.82) is 0 Å². The molecule has 1 rings (SSSR count). The summed E-state index contributed by atoms with van der Waals surface area (Å²) in [5.41, 5.74) is 6.69. The summed E-state index contributed by atoms with van der Waals surface area (Å²) in [6.07, 6.45) is -4.72. The molecule has 0 bridgehead atoms. The van der Waals surface area contributed by atoms with E-state index in [1.807, 2.05) is 0 Å². The minimum absolute atomic E-state index is 0.0867. The minimum atomic E-state index is -4.72. The Labute approximate surface area is 93.7 Å². The van der Waals surface area contributed by atoms with E-state index < -0.39 is 17.6 Å². The summed E-state index contributed by atoms with van der Waals surface area (Å²) in [6, 6.07) is 2.35. The Morgan fingerprint density at radius 1 is 1.35 bits per heavy atom. The van der Waals surface area contributed by atoms with E-state index >= 15 is 0 Å². The summed E-state index contributed by atoms with van der Waals surface area (Å²) in [5.74, 6) is 3.37. The van der Waals surface area contributed by atoms with E-state index in [0.29, 0.717) is 12.1 Å². The zero-order chi connectivity index (χ0) is 12.9. The van der Waals surface area contributed by atoms with Gasteiger partial charge < -0.3 is 0 Å². The first-order valence-corrected chi connectivity index (χ1v) is 4.31. The first-order valence-electron chi connectivity index (χ1n) is 4.31. The van der Waals surface area contributed by atoms with E-state index in [-0.39, 0.29) is 12.1 Å². The highest BCUT2D eigenvalue weighted by atomic mass is 19.4. The van der Waals surface area contributed by atoms with Crippen LogP contribution in [0.3, 0.4) is 0 Å². The van der Waals surface area contributed by atoms with Gasteiger partial charge in [0.1, 0.15) is 5.82 Å². The zero-order valence-electron chi connectivity index (χ0n) is 8.29.